The second-order valence-corrected chi connectivity index (χ2v) is 6.40. The van der Waals surface area contributed by atoms with Gasteiger partial charge in [-0.1, -0.05) is 5.21 Å². The fraction of sp³-hybridized carbons (Fsp3) is 0.438. The molecule has 8 heteroatoms. The van der Waals surface area contributed by atoms with Gasteiger partial charge in [0.25, 0.3) is 0 Å². The van der Waals surface area contributed by atoms with Crippen molar-refractivity contribution in [3.8, 4) is 5.75 Å². The molecule has 0 aliphatic carbocycles. The lowest BCUT2D eigenvalue weighted by Gasteiger charge is -2.38. The van der Waals surface area contributed by atoms with E-state index in [1.807, 2.05) is 32.0 Å². The number of aryl methyl sites for hydroxylation is 1. The number of nitrogens with two attached hydrogens (primary N) is 1. The van der Waals surface area contributed by atoms with Crippen LogP contribution in [0.2, 0.25) is 0 Å². The summed E-state index contributed by atoms with van der Waals surface area (Å²) in [5.41, 5.74) is 7.13. The van der Waals surface area contributed by atoms with Gasteiger partial charge in [0.2, 0.25) is 5.91 Å². The van der Waals surface area contributed by atoms with Crippen LogP contribution < -0.4 is 15.8 Å². The predicted octanol–water partition coefficient (Wildman–Crippen LogP) is 2.09. The highest BCUT2D eigenvalue weighted by Crippen LogP contribution is 2.40. The minimum atomic E-state index is -0.340. The average molecular weight is 352 g/mol. The number of carbonyl (C=O) groups is 1. The number of aromatic nitrogens is 3. The first-order chi connectivity index (χ1) is 10.9. The van der Waals surface area contributed by atoms with Crippen LogP contribution in [0.4, 0.5) is 5.69 Å². The summed E-state index contributed by atoms with van der Waals surface area (Å²) in [5.74, 6) is 0.744. The van der Waals surface area contributed by atoms with Crippen molar-refractivity contribution >= 4 is 24.0 Å². The van der Waals surface area contributed by atoms with Crippen LogP contribution in [0.3, 0.4) is 0 Å². The Morgan fingerprint density at radius 2 is 2.29 bits per heavy atom. The smallest absolute Gasteiger partial charge is 0.222 e. The highest BCUT2D eigenvalue weighted by Gasteiger charge is 2.34. The highest BCUT2D eigenvalue weighted by molar-refractivity contribution is 5.85. The number of nitrogen functional groups attached to an aromatic ring is 1. The number of anilines is 1. The van der Waals surface area contributed by atoms with Crippen LogP contribution in [0.15, 0.2) is 30.6 Å². The molecule has 0 radical (unpaired) electrons. The molecule has 1 aliphatic heterocycles. The molecular formula is C16H22ClN5O2. The van der Waals surface area contributed by atoms with Crippen LogP contribution in [0.1, 0.15) is 38.3 Å². The van der Waals surface area contributed by atoms with Crippen LogP contribution in [0.5, 0.6) is 5.75 Å². The number of hydrogen-bond acceptors (Lipinski definition) is 5. The Kier molecular flexibility index (Phi) is 5.33. The average Bonchev–Trinajstić information content (AvgIpc) is 2.98. The Morgan fingerprint density at radius 1 is 1.50 bits per heavy atom. The van der Waals surface area contributed by atoms with Crippen molar-refractivity contribution in [3.05, 3.63) is 36.2 Å². The molecule has 24 heavy (non-hydrogen) atoms. The van der Waals surface area contributed by atoms with Crippen molar-refractivity contribution in [2.75, 3.05) is 5.73 Å². The molecule has 0 saturated carbocycles. The van der Waals surface area contributed by atoms with E-state index in [4.69, 9.17) is 10.5 Å². The molecule has 1 aromatic heterocycles. The normalized spacial score (nSPS) is 18.0. The van der Waals surface area contributed by atoms with E-state index in [0.29, 0.717) is 25.1 Å². The van der Waals surface area contributed by atoms with Crippen LogP contribution in [-0.2, 0) is 11.3 Å². The third-order valence-corrected chi connectivity index (χ3v) is 3.87. The van der Waals surface area contributed by atoms with Crippen molar-refractivity contribution < 1.29 is 9.53 Å². The minimum Gasteiger partial charge on any atom is -0.487 e. The molecule has 2 heterocycles. The van der Waals surface area contributed by atoms with E-state index >= 15 is 0 Å². The van der Waals surface area contributed by atoms with Crippen molar-refractivity contribution in [2.24, 2.45) is 0 Å². The number of nitrogens with zero attached hydrogens (tertiary/aromatic N) is 3. The molecule has 0 fully saturated rings. The van der Waals surface area contributed by atoms with E-state index in [0.717, 1.165) is 11.3 Å². The molecule has 1 aromatic carbocycles. The lowest BCUT2D eigenvalue weighted by molar-refractivity contribution is -0.122. The molecule has 0 spiro atoms. The molecule has 1 amide bonds. The topological polar surface area (TPSA) is 95.1 Å². The van der Waals surface area contributed by atoms with Gasteiger partial charge in [-0.25, -0.2) is 0 Å². The molecule has 3 N–H and O–H groups in total. The van der Waals surface area contributed by atoms with Crippen LogP contribution in [0, 0.1) is 0 Å². The molecule has 7 nitrogen and oxygen atoms in total. The summed E-state index contributed by atoms with van der Waals surface area (Å²) >= 11 is 0. The van der Waals surface area contributed by atoms with Gasteiger partial charge >= 0.3 is 0 Å². The van der Waals surface area contributed by atoms with Gasteiger partial charge in [0, 0.05) is 30.3 Å². The Hall–Kier alpha value is -2.28. The molecule has 3 rings (SSSR count). The Labute approximate surface area is 147 Å². The van der Waals surface area contributed by atoms with Gasteiger partial charge in [0.1, 0.15) is 11.4 Å². The maximum atomic E-state index is 12.3. The predicted molar refractivity (Wildman–Crippen MR) is 92.9 cm³/mol. The largest absolute Gasteiger partial charge is 0.487 e. The van der Waals surface area contributed by atoms with Crippen LogP contribution >= 0.6 is 12.4 Å². The maximum Gasteiger partial charge on any atom is 0.222 e. The number of ether oxygens (including phenoxy) is 1. The van der Waals surface area contributed by atoms with Crippen molar-refractivity contribution in [1.82, 2.24) is 20.3 Å². The van der Waals surface area contributed by atoms with E-state index < -0.39 is 0 Å². The van der Waals surface area contributed by atoms with E-state index in [2.05, 4.69) is 15.6 Å². The van der Waals surface area contributed by atoms with Crippen molar-refractivity contribution in [3.63, 3.8) is 0 Å². The quantitative estimate of drug-likeness (QED) is 0.822. The minimum absolute atomic E-state index is 0. The summed E-state index contributed by atoms with van der Waals surface area (Å²) in [5, 5.41) is 10.7. The fourth-order valence-electron chi connectivity index (χ4n) is 2.84. The van der Waals surface area contributed by atoms with Gasteiger partial charge in [0.15, 0.2) is 0 Å². The Bertz CT molecular complexity index is 702. The van der Waals surface area contributed by atoms with E-state index in [1.54, 1.807) is 17.1 Å². The number of fused-ring (bicyclic) bond motifs is 1. The lowest BCUT2D eigenvalue weighted by Crippen LogP contribution is -2.41. The number of nitrogens with one attached hydrogen (secondary N) is 1. The van der Waals surface area contributed by atoms with Crippen molar-refractivity contribution in [1.29, 1.82) is 0 Å². The number of rotatable bonds is 4. The summed E-state index contributed by atoms with van der Waals surface area (Å²) < 4.78 is 7.61. The van der Waals surface area contributed by atoms with Crippen LogP contribution in [-0.4, -0.2) is 26.5 Å². The third-order valence-electron chi connectivity index (χ3n) is 3.87. The summed E-state index contributed by atoms with van der Waals surface area (Å²) in [6.07, 6.45) is 4.37. The molecule has 1 unspecified atom stereocenters. The molecule has 2 aromatic rings. The van der Waals surface area contributed by atoms with E-state index in [1.165, 1.54) is 0 Å². The van der Waals surface area contributed by atoms with Gasteiger partial charge in [-0.2, -0.15) is 0 Å². The van der Waals surface area contributed by atoms with Gasteiger partial charge in [-0.15, -0.1) is 17.5 Å². The molecule has 0 bridgehead atoms. The SMILES string of the molecule is CC1(C)CC(NC(=O)CCn2ccnn2)c2cc(N)ccc2O1.Cl. The lowest BCUT2D eigenvalue weighted by atomic mass is 9.89. The number of amides is 1. The standard InChI is InChI=1S/C16H21N5O2.ClH/c1-16(2)10-13(12-9-11(17)3-4-14(12)23-16)19-15(22)5-7-21-8-6-18-20-21;/h3-4,6,8-9,13H,5,7,10,17H2,1-2H3,(H,19,22);1H. The highest BCUT2D eigenvalue weighted by atomic mass is 35.5. The second kappa shape index (κ2) is 7.09. The van der Waals surface area contributed by atoms with Crippen LogP contribution in [0.25, 0.3) is 0 Å². The number of hydrogen-bond donors (Lipinski definition) is 2. The first kappa shape index (κ1) is 18.1. The third kappa shape index (κ3) is 4.17. The number of carbonyl (C=O) groups excluding carboxylic acids is 1. The number of halogens is 1. The monoisotopic (exact) mass is 351 g/mol. The van der Waals surface area contributed by atoms with Crippen molar-refractivity contribution in [2.45, 2.75) is 44.9 Å². The molecule has 0 saturated heterocycles. The zero-order valence-corrected chi connectivity index (χ0v) is 14.5. The van der Waals surface area contributed by atoms with E-state index in [9.17, 15) is 4.79 Å². The Morgan fingerprint density at radius 3 is 3.00 bits per heavy atom. The summed E-state index contributed by atoms with van der Waals surface area (Å²) in [6.45, 7) is 4.53. The summed E-state index contributed by atoms with van der Waals surface area (Å²) in [6, 6.07) is 5.43. The van der Waals surface area contributed by atoms with Gasteiger partial charge < -0.3 is 15.8 Å². The molecule has 1 atom stereocenters. The van der Waals surface area contributed by atoms with Gasteiger partial charge in [-0.05, 0) is 32.0 Å². The first-order valence-corrected chi connectivity index (χ1v) is 7.65. The molecule has 130 valence electrons. The van der Waals surface area contributed by atoms with Gasteiger partial charge in [0.05, 0.1) is 18.8 Å². The molecule has 1 aliphatic rings. The van der Waals surface area contributed by atoms with E-state index in [-0.39, 0.29) is 30.0 Å². The first-order valence-electron chi connectivity index (χ1n) is 7.65. The zero-order valence-electron chi connectivity index (χ0n) is 13.7. The second-order valence-electron chi connectivity index (χ2n) is 6.40. The summed E-state index contributed by atoms with van der Waals surface area (Å²) in [4.78, 5) is 12.3. The zero-order chi connectivity index (χ0) is 16.4. The fourth-order valence-corrected chi connectivity index (χ4v) is 2.84. The maximum absolute atomic E-state index is 12.3. The summed E-state index contributed by atoms with van der Waals surface area (Å²) in [7, 11) is 0. The number of benzene rings is 1. The Balaban J connectivity index is 0.00000208. The van der Waals surface area contributed by atoms with Gasteiger partial charge in [-0.3, -0.25) is 9.48 Å². The molecular weight excluding hydrogens is 330 g/mol.